The molecule has 3 amide bonds. The number of carbonyl (C=O) groups is 2. The lowest BCUT2D eigenvalue weighted by molar-refractivity contribution is -0.129. The molecule has 1 aromatic carbocycles. The average molecular weight is 275 g/mol. The predicted octanol–water partition coefficient (Wildman–Crippen LogP) is 1.80. The van der Waals surface area contributed by atoms with Crippen molar-refractivity contribution in [2.75, 3.05) is 13.7 Å². The molecule has 1 saturated heterocycles. The van der Waals surface area contributed by atoms with Crippen LogP contribution in [0.4, 0.5) is 4.79 Å². The minimum atomic E-state index is -0.349. The number of urea groups is 1. The van der Waals surface area contributed by atoms with Gasteiger partial charge in [-0.1, -0.05) is 43.7 Å². The largest absolute Gasteiger partial charge is 0.326 e. The molecule has 0 radical (unpaired) electrons. The second kappa shape index (κ2) is 6.52. The molecular formula is C15H21N3O2. The lowest BCUT2D eigenvalue weighted by atomic mass is 10.2. The smallest absolute Gasteiger partial charge is 0.325 e. The number of hydrogen-bond donors (Lipinski definition) is 1. The molecule has 1 fully saturated rings. The van der Waals surface area contributed by atoms with Crippen LogP contribution in [0.3, 0.4) is 0 Å². The zero-order valence-corrected chi connectivity index (χ0v) is 12.0. The standard InChI is InChI=1S/C15H21N3O2/c1-3-7-13-14(19)18(15(20)16-13)11-17(2)10-12-8-5-4-6-9-12/h4-6,8-9,13H,3,7,10-11H2,1-2H3,(H,16,20)/t13-/m1/s1. The number of rotatable bonds is 6. The Hall–Kier alpha value is -1.88. The lowest BCUT2D eigenvalue weighted by Gasteiger charge is -2.22. The summed E-state index contributed by atoms with van der Waals surface area (Å²) in [5.74, 6) is -0.114. The highest BCUT2D eigenvalue weighted by molar-refractivity contribution is 6.04. The van der Waals surface area contributed by atoms with Gasteiger partial charge in [0.2, 0.25) is 0 Å². The van der Waals surface area contributed by atoms with E-state index in [1.54, 1.807) is 0 Å². The molecule has 0 unspecified atom stereocenters. The fourth-order valence-corrected chi connectivity index (χ4v) is 2.38. The third-order valence-electron chi connectivity index (χ3n) is 3.36. The summed E-state index contributed by atoms with van der Waals surface area (Å²) in [7, 11) is 1.90. The first-order valence-electron chi connectivity index (χ1n) is 6.96. The van der Waals surface area contributed by atoms with Crippen LogP contribution in [0.5, 0.6) is 0 Å². The minimum absolute atomic E-state index is 0.114. The number of nitrogens with one attached hydrogen (secondary N) is 1. The summed E-state index contributed by atoms with van der Waals surface area (Å²) in [6.07, 6.45) is 1.58. The van der Waals surface area contributed by atoms with E-state index in [2.05, 4.69) is 5.32 Å². The number of amides is 3. The molecule has 0 saturated carbocycles. The van der Waals surface area contributed by atoms with Crippen LogP contribution >= 0.6 is 0 Å². The van der Waals surface area contributed by atoms with Gasteiger partial charge in [0, 0.05) is 6.54 Å². The monoisotopic (exact) mass is 275 g/mol. The Bertz CT molecular complexity index is 475. The number of imide groups is 1. The zero-order valence-electron chi connectivity index (χ0n) is 12.0. The summed E-state index contributed by atoms with van der Waals surface area (Å²) in [4.78, 5) is 27.2. The average Bonchev–Trinajstić information content (AvgIpc) is 2.68. The van der Waals surface area contributed by atoms with Gasteiger partial charge in [-0.15, -0.1) is 0 Å². The van der Waals surface area contributed by atoms with Crippen LogP contribution in [0, 0.1) is 0 Å². The molecule has 5 heteroatoms. The van der Waals surface area contributed by atoms with Crippen LogP contribution in [-0.4, -0.2) is 41.5 Å². The zero-order chi connectivity index (χ0) is 14.5. The second-order valence-electron chi connectivity index (χ2n) is 5.20. The topological polar surface area (TPSA) is 52.7 Å². The van der Waals surface area contributed by atoms with Gasteiger partial charge in [-0.05, 0) is 19.0 Å². The fourth-order valence-electron chi connectivity index (χ4n) is 2.38. The van der Waals surface area contributed by atoms with E-state index in [1.807, 2.05) is 49.2 Å². The van der Waals surface area contributed by atoms with Crippen LogP contribution < -0.4 is 5.32 Å². The van der Waals surface area contributed by atoms with Crippen molar-refractivity contribution in [1.82, 2.24) is 15.1 Å². The number of benzene rings is 1. The SMILES string of the molecule is CCC[C@H]1NC(=O)N(CN(C)Cc2ccccc2)C1=O. The predicted molar refractivity (Wildman–Crippen MR) is 76.8 cm³/mol. The lowest BCUT2D eigenvalue weighted by Crippen LogP contribution is -2.40. The minimum Gasteiger partial charge on any atom is -0.326 e. The molecule has 20 heavy (non-hydrogen) atoms. The highest BCUT2D eigenvalue weighted by atomic mass is 16.2. The van der Waals surface area contributed by atoms with Crippen molar-refractivity contribution in [3.05, 3.63) is 35.9 Å². The van der Waals surface area contributed by atoms with Gasteiger partial charge in [-0.3, -0.25) is 9.69 Å². The van der Waals surface area contributed by atoms with Gasteiger partial charge in [0.15, 0.2) is 0 Å². The van der Waals surface area contributed by atoms with Crippen LogP contribution in [0.2, 0.25) is 0 Å². The Kier molecular flexibility index (Phi) is 4.74. The van der Waals surface area contributed by atoms with Crippen molar-refractivity contribution in [3.8, 4) is 0 Å². The normalized spacial score (nSPS) is 18.8. The van der Waals surface area contributed by atoms with Crippen molar-refractivity contribution in [2.24, 2.45) is 0 Å². The molecule has 0 aromatic heterocycles. The van der Waals surface area contributed by atoms with E-state index < -0.39 is 0 Å². The van der Waals surface area contributed by atoms with E-state index in [0.717, 1.165) is 12.0 Å². The summed E-state index contributed by atoms with van der Waals surface area (Å²) in [5.41, 5.74) is 1.16. The molecule has 1 aromatic rings. The summed E-state index contributed by atoms with van der Waals surface area (Å²) in [6.45, 7) is 3.03. The van der Waals surface area contributed by atoms with E-state index >= 15 is 0 Å². The van der Waals surface area contributed by atoms with Crippen molar-refractivity contribution < 1.29 is 9.59 Å². The summed E-state index contributed by atoms with van der Waals surface area (Å²) < 4.78 is 0. The number of nitrogens with zero attached hydrogens (tertiary/aromatic N) is 2. The maximum Gasteiger partial charge on any atom is 0.325 e. The van der Waals surface area contributed by atoms with Crippen molar-refractivity contribution in [1.29, 1.82) is 0 Å². The van der Waals surface area contributed by atoms with Gasteiger partial charge < -0.3 is 5.32 Å². The second-order valence-corrected chi connectivity index (χ2v) is 5.20. The van der Waals surface area contributed by atoms with E-state index in [9.17, 15) is 9.59 Å². The van der Waals surface area contributed by atoms with Crippen molar-refractivity contribution in [3.63, 3.8) is 0 Å². The summed E-state index contributed by atoms with van der Waals surface area (Å²) in [6, 6.07) is 9.36. The van der Waals surface area contributed by atoms with E-state index in [-0.39, 0.29) is 18.0 Å². The molecule has 0 spiro atoms. The Balaban J connectivity index is 1.92. The van der Waals surface area contributed by atoms with Crippen LogP contribution in [0.25, 0.3) is 0 Å². The molecule has 0 bridgehead atoms. The molecule has 1 atom stereocenters. The Morgan fingerprint density at radius 3 is 2.60 bits per heavy atom. The van der Waals surface area contributed by atoms with Crippen molar-refractivity contribution >= 4 is 11.9 Å². The number of carbonyl (C=O) groups excluding carboxylic acids is 2. The Morgan fingerprint density at radius 1 is 1.25 bits per heavy atom. The molecule has 1 aliphatic heterocycles. The molecule has 1 heterocycles. The first kappa shape index (κ1) is 14.5. The fraction of sp³-hybridized carbons (Fsp3) is 0.467. The van der Waals surface area contributed by atoms with Gasteiger partial charge in [-0.2, -0.15) is 0 Å². The first-order chi connectivity index (χ1) is 9.61. The maximum atomic E-state index is 12.1. The highest BCUT2D eigenvalue weighted by Gasteiger charge is 2.37. The molecule has 2 rings (SSSR count). The third-order valence-corrected chi connectivity index (χ3v) is 3.36. The van der Waals surface area contributed by atoms with Crippen LogP contribution in [-0.2, 0) is 11.3 Å². The van der Waals surface area contributed by atoms with Gasteiger partial charge in [-0.25, -0.2) is 9.69 Å². The third kappa shape index (κ3) is 3.36. The molecule has 1 N–H and O–H groups in total. The van der Waals surface area contributed by atoms with Gasteiger partial charge >= 0.3 is 6.03 Å². The van der Waals surface area contributed by atoms with Crippen LogP contribution in [0.1, 0.15) is 25.3 Å². The van der Waals surface area contributed by atoms with Gasteiger partial charge in [0.25, 0.3) is 5.91 Å². The maximum absolute atomic E-state index is 12.1. The van der Waals surface area contributed by atoms with E-state index in [0.29, 0.717) is 19.6 Å². The van der Waals surface area contributed by atoms with Crippen LogP contribution in [0.15, 0.2) is 30.3 Å². The molecule has 0 aliphatic carbocycles. The number of hydrogen-bond acceptors (Lipinski definition) is 3. The molecular weight excluding hydrogens is 254 g/mol. The Labute approximate surface area is 119 Å². The summed E-state index contributed by atoms with van der Waals surface area (Å²) in [5, 5.41) is 2.73. The van der Waals surface area contributed by atoms with E-state index in [4.69, 9.17) is 0 Å². The van der Waals surface area contributed by atoms with Gasteiger partial charge in [0.05, 0.1) is 6.67 Å². The van der Waals surface area contributed by atoms with E-state index in [1.165, 1.54) is 4.90 Å². The molecule has 1 aliphatic rings. The van der Waals surface area contributed by atoms with Gasteiger partial charge in [0.1, 0.15) is 6.04 Å². The first-order valence-corrected chi connectivity index (χ1v) is 6.96. The molecule has 108 valence electrons. The molecule has 5 nitrogen and oxygen atoms in total. The highest BCUT2D eigenvalue weighted by Crippen LogP contribution is 2.12. The Morgan fingerprint density at radius 2 is 1.95 bits per heavy atom. The summed E-state index contributed by atoms with van der Waals surface area (Å²) >= 11 is 0. The quantitative estimate of drug-likeness (QED) is 0.805. The van der Waals surface area contributed by atoms with Crippen molar-refractivity contribution in [2.45, 2.75) is 32.4 Å².